The molecule has 8 heteroatoms. The second-order valence-corrected chi connectivity index (χ2v) is 8.21. The fraction of sp³-hybridized carbons (Fsp3) is 0.696. The van der Waals surface area contributed by atoms with E-state index in [0.717, 1.165) is 25.3 Å². The van der Waals surface area contributed by atoms with Gasteiger partial charge in [0.05, 0.1) is 12.1 Å². The molecule has 1 unspecified atom stereocenters. The summed E-state index contributed by atoms with van der Waals surface area (Å²) in [5.41, 5.74) is -0.457. The largest absolute Gasteiger partial charge is 0.416 e. The molecule has 0 spiro atoms. The lowest BCUT2D eigenvalue weighted by molar-refractivity contribution is -0.137. The van der Waals surface area contributed by atoms with Crippen molar-refractivity contribution < 1.29 is 23.0 Å². The van der Waals surface area contributed by atoms with Crippen molar-refractivity contribution >= 4 is 5.96 Å². The van der Waals surface area contributed by atoms with E-state index in [2.05, 4.69) is 17.6 Å². The zero-order chi connectivity index (χ0) is 22.7. The monoisotopic (exact) mass is 443 g/mol. The Kier molecular flexibility index (Phi) is 10.1. The Morgan fingerprint density at radius 1 is 1.19 bits per heavy atom. The van der Waals surface area contributed by atoms with Gasteiger partial charge >= 0.3 is 6.18 Å². The molecule has 31 heavy (non-hydrogen) atoms. The number of aliphatic hydroxyl groups is 1. The number of halogens is 3. The summed E-state index contributed by atoms with van der Waals surface area (Å²) >= 11 is 0. The lowest BCUT2D eigenvalue weighted by Crippen LogP contribution is -2.42. The number of alkyl halides is 3. The van der Waals surface area contributed by atoms with E-state index in [-0.39, 0.29) is 6.61 Å². The molecular weight excluding hydrogens is 407 g/mol. The maximum absolute atomic E-state index is 13.3. The molecule has 1 saturated heterocycles. The summed E-state index contributed by atoms with van der Waals surface area (Å²) < 4.78 is 45.4. The van der Waals surface area contributed by atoms with Gasteiger partial charge in [0.1, 0.15) is 0 Å². The van der Waals surface area contributed by atoms with Crippen molar-refractivity contribution in [1.82, 2.24) is 10.6 Å². The van der Waals surface area contributed by atoms with Gasteiger partial charge in [0.15, 0.2) is 5.96 Å². The zero-order valence-corrected chi connectivity index (χ0v) is 18.6. The van der Waals surface area contributed by atoms with Crippen LogP contribution in [0, 0.1) is 5.92 Å². The summed E-state index contributed by atoms with van der Waals surface area (Å²) in [5.74, 6) is 0.999. The smallest absolute Gasteiger partial charge is 0.396 e. The fourth-order valence-electron chi connectivity index (χ4n) is 4.08. The molecule has 1 aromatic carbocycles. The number of aliphatic imine (C=N–C) groups is 1. The molecule has 0 amide bonds. The molecule has 2 rings (SSSR count). The Hall–Kier alpha value is -1.80. The molecule has 0 saturated carbocycles. The van der Waals surface area contributed by atoms with E-state index in [4.69, 9.17) is 9.73 Å². The van der Waals surface area contributed by atoms with Crippen LogP contribution in [0.3, 0.4) is 0 Å². The number of rotatable bonds is 10. The predicted molar refractivity (Wildman–Crippen MR) is 117 cm³/mol. The Labute approximate surface area is 183 Å². The van der Waals surface area contributed by atoms with Gasteiger partial charge in [-0.3, -0.25) is 4.99 Å². The maximum atomic E-state index is 13.3. The average Bonchev–Trinajstić information content (AvgIpc) is 2.76. The van der Waals surface area contributed by atoms with E-state index >= 15 is 0 Å². The van der Waals surface area contributed by atoms with Crippen LogP contribution in [0.1, 0.15) is 57.1 Å². The first-order valence-corrected chi connectivity index (χ1v) is 11.2. The first kappa shape index (κ1) is 25.5. The Bertz CT molecular complexity index is 683. The third-order valence-corrected chi connectivity index (χ3v) is 5.93. The van der Waals surface area contributed by atoms with Crippen LogP contribution in [0.25, 0.3) is 0 Å². The average molecular weight is 444 g/mol. The van der Waals surface area contributed by atoms with Gasteiger partial charge in [-0.25, -0.2) is 0 Å². The van der Waals surface area contributed by atoms with Gasteiger partial charge in [0.25, 0.3) is 0 Å². The molecule has 176 valence electrons. The topological polar surface area (TPSA) is 65.9 Å². The highest BCUT2D eigenvalue weighted by atomic mass is 19.4. The summed E-state index contributed by atoms with van der Waals surface area (Å²) in [6.07, 6.45) is -0.341. The highest BCUT2D eigenvalue weighted by molar-refractivity contribution is 5.79. The summed E-state index contributed by atoms with van der Waals surface area (Å²) in [7, 11) is 0. The first-order chi connectivity index (χ1) is 14.8. The van der Waals surface area contributed by atoms with Crippen LogP contribution in [-0.4, -0.2) is 50.5 Å². The number of hydrogen-bond donors (Lipinski definition) is 3. The van der Waals surface area contributed by atoms with Crippen LogP contribution < -0.4 is 10.6 Å². The van der Waals surface area contributed by atoms with Crippen molar-refractivity contribution in [3.63, 3.8) is 0 Å². The van der Waals surface area contributed by atoms with Gasteiger partial charge < -0.3 is 20.5 Å². The normalized spacial score (nSPS) is 17.9. The number of aliphatic hydroxyl groups excluding tert-OH is 1. The maximum Gasteiger partial charge on any atom is 0.416 e. The lowest BCUT2D eigenvalue weighted by Gasteiger charge is -2.37. The summed E-state index contributed by atoms with van der Waals surface area (Å²) in [6.45, 7) is 7.02. The van der Waals surface area contributed by atoms with Gasteiger partial charge in [-0.15, -0.1) is 0 Å². The van der Waals surface area contributed by atoms with Crippen LogP contribution >= 0.6 is 0 Å². The van der Waals surface area contributed by atoms with Crippen molar-refractivity contribution in [3.05, 3.63) is 35.4 Å². The van der Waals surface area contributed by atoms with Crippen LogP contribution in [-0.2, 0) is 16.3 Å². The van der Waals surface area contributed by atoms with E-state index in [1.807, 2.05) is 6.92 Å². The van der Waals surface area contributed by atoms with Gasteiger partial charge in [0.2, 0.25) is 0 Å². The van der Waals surface area contributed by atoms with Crippen LogP contribution in [0.4, 0.5) is 13.2 Å². The van der Waals surface area contributed by atoms with Gasteiger partial charge in [-0.2, -0.15) is 13.2 Å². The summed E-state index contributed by atoms with van der Waals surface area (Å²) in [4.78, 5) is 4.76. The Morgan fingerprint density at radius 2 is 1.94 bits per heavy atom. The minimum atomic E-state index is -4.37. The molecule has 1 atom stereocenters. The quantitative estimate of drug-likeness (QED) is 0.376. The summed E-state index contributed by atoms with van der Waals surface area (Å²) in [6, 6.07) is 5.63. The second kappa shape index (κ2) is 12.3. The SMILES string of the molecule is CCCC(CCO)CNC(=NCC1(c2cccc(C(F)(F)F)c2)CCOCC1)NCC. The van der Waals surface area contributed by atoms with Crippen molar-refractivity contribution in [1.29, 1.82) is 0 Å². The molecule has 5 nitrogen and oxygen atoms in total. The molecule has 1 aliphatic heterocycles. The van der Waals surface area contributed by atoms with Crippen LogP contribution in [0.15, 0.2) is 29.3 Å². The molecule has 1 fully saturated rings. The molecule has 0 bridgehead atoms. The number of hydrogen-bond acceptors (Lipinski definition) is 3. The number of benzene rings is 1. The molecule has 0 aliphatic carbocycles. The molecule has 1 aromatic rings. The van der Waals surface area contributed by atoms with Gasteiger partial charge in [-0.05, 0) is 50.2 Å². The predicted octanol–water partition coefficient (Wildman–Crippen LogP) is 4.11. The van der Waals surface area contributed by atoms with Crippen molar-refractivity contribution in [3.8, 4) is 0 Å². The highest BCUT2D eigenvalue weighted by Crippen LogP contribution is 2.38. The van der Waals surface area contributed by atoms with Gasteiger partial charge in [0, 0.05) is 38.3 Å². The number of guanidine groups is 1. The molecule has 3 N–H and O–H groups in total. The summed E-state index contributed by atoms with van der Waals surface area (Å²) in [5, 5.41) is 15.9. The molecule has 1 heterocycles. The third-order valence-electron chi connectivity index (χ3n) is 5.93. The first-order valence-electron chi connectivity index (χ1n) is 11.2. The van der Waals surface area contributed by atoms with E-state index in [9.17, 15) is 18.3 Å². The Balaban J connectivity index is 2.22. The van der Waals surface area contributed by atoms with Gasteiger partial charge in [-0.1, -0.05) is 31.5 Å². The van der Waals surface area contributed by atoms with E-state index < -0.39 is 17.2 Å². The Morgan fingerprint density at radius 3 is 2.55 bits per heavy atom. The second-order valence-electron chi connectivity index (χ2n) is 8.21. The van der Waals surface area contributed by atoms with E-state index in [0.29, 0.717) is 63.1 Å². The van der Waals surface area contributed by atoms with Crippen LogP contribution in [0.2, 0.25) is 0 Å². The van der Waals surface area contributed by atoms with E-state index in [1.165, 1.54) is 12.1 Å². The van der Waals surface area contributed by atoms with Crippen molar-refractivity contribution in [2.75, 3.05) is 39.5 Å². The van der Waals surface area contributed by atoms with Crippen LogP contribution in [0.5, 0.6) is 0 Å². The number of nitrogens with one attached hydrogen (secondary N) is 2. The standard InChI is InChI=1S/C23H36F3N3O2/c1-3-6-18(9-12-30)16-28-21(27-4-2)29-17-22(10-13-31-14-11-22)19-7-5-8-20(15-19)23(24,25)26/h5,7-8,15,18,30H,3-4,6,9-14,16-17H2,1-2H3,(H2,27,28,29). The molecule has 1 aliphatic rings. The fourth-order valence-corrected chi connectivity index (χ4v) is 4.08. The van der Waals surface area contributed by atoms with Crippen molar-refractivity contribution in [2.24, 2.45) is 10.9 Å². The minimum absolute atomic E-state index is 0.151. The lowest BCUT2D eigenvalue weighted by atomic mass is 9.74. The molecular formula is C23H36F3N3O2. The molecule has 0 radical (unpaired) electrons. The number of ether oxygens (including phenoxy) is 1. The number of nitrogens with zero attached hydrogens (tertiary/aromatic N) is 1. The zero-order valence-electron chi connectivity index (χ0n) is 18.6. The molecule has 0 aromatic heterocycles. The van der Waals surface area contributed by atoms with Crippen molar-refractivity contribution in [2.45, 2.75) is 57.5 Å². The third kappa shape index (κ3) is 7.68. The minimum Gasteiger partial charge on any atom is -0.396 e. The highest BCUT2D eigenvalue weighted by Gasteiger charge is 2.37. The van der Waals surface area contributed by atoms with E-state index in [1.54, 1.807) is 6.07 Å².